The van der Waals surface area contributed by atoms with Crippen LogP contribution in [0.25, 0.3) is 10.8 Å². The second-order valence-corrected chi connectivity index (χ2v) is 10.1. The Hall–Kier alpha value is -2.94. The highest BCUT2D eigenvalue weighted by Gasteiger charge is 2.27. The SMILES string of the molecule is NCc1ccc(CN(NS(=O)(=O)c2ccc3ccccc3c2)C(=O)N2CCCCCC2)cc1. The Kier molecular flexibility index (Phi) is 7.27. The number of rotatable bonds is 6. The summed E-state index contributed by atoms with van der Waals surface area (Å²) in [4.78, 5) is 17.8. The van der Waals surface area contributed by atoms with Gasteiger partial charge in [0.05, 0.1) is 11.4 Å². The molecule has 0 radical (unpaired) electrons. The molecule has 1 aliphatic heterocycles. The lowest BCUT2D eigenvalue weighted by Gasteiger charge is -2.30. The molecule has 0 aliphatic carbocycles. The number of hydrazine groups is 1. The fourth-order valence-corrected chi connectivity index (χ4v) is 5.13. The van der Waals surface area contributed by atoms with Gasteiger partial charge >= 0.3 is 6.03 Å². The van der Waals surface area contributed by atoms with Gasteiger partial charge in [-0.15, -0.1) is 4.83 Å². The highest BCUT2D eigenvalue weighted by Crippen LogP contribution is 2.20. The number of likely N-dealkylation sites (tertiary alicyclic amines) is 1. The maximum Gasteiger partial charge on any atom is 0.335 e. The van der Waals surface area contributed by atoms with Crippen molar-refractivity contribution in [1.82, 2.24) is 14.7 Å². The summed E-state index contributed by atoms with van der Waals surface area (Å²) >= 11 is 0. The Labute approximate surface area is 195 Å². The summed E-state index contributed by atoms with van der Waals surface area (Å²) in [6, 6.07) is 19.7. The number of fused-ring (bicyclic) bond motifs is 1. The van der Waals surface area contributed by atoms with Gasteiger partial charge in [0.2, 0.25) is 0 Å². The van der Waals surface area contributed by atoms with Crippen molar-refractivity contribution in [3.8, 4) is 0 Å². The summed E-state index contributed by atoms with van der Waals surface area (Å²) in [5, 5.41) is 2.99. The van der Waals surface area contributed by atoms with Crippen molar-refractivity contribution >= 4 is 26.8 Å². The molecule has 3 N–H and O–H groups in total. The average Bonchev–Trinajstić information content (AvgIpc) is 3.13. The van der Waals surface area contributed by atoms with Gasteiger partial charge in [-0.2, -0.15) is 0 Å². The number of carbonyl (C=O) groups excluding carboxylic acids is 1. The van der Waals surface area contributed by atoms with Crippen LogP contribution < -0.4 is 10.6 Å². The minimum Gasteiger partial charge on any atom is -0.326 e. The van der Waals surface area contributed by atoms with Crippen molar-refractivity contribution in [2.24, 2.45) is 5.73 Å². The maximum absolute atomic E-state index is 13.4. The second-order valence-electron chi connectivity index (χ2n) is 8.39. The molecule has 0 spiro atoms. The van der Waals surface area contributed by atoms with Gasteiger partial charge in [-0.05, 0) is 46.9 Å². The van der Waals surface area contributed by atoms with E-state index in [0.29, 0.717) is 19.6 Å². The van der Waals surface area contributed by atoms with Crippen LogP contribution in [0, 0.1) is 0 Å². The Morgan fingerprint density at radius 3 is 2.18 bits per heavy atom. The van der Waals surface area contributed by atoms with E-state index in [1.807, 2.05) is 48.5 Å². The molecule has 7 nitrogen and oxygen atoms in total. The Morgan fingerprint density at radius 2 is 1.52 bits per heavy atom. The standard InChI is InChI=1S/C25H30N4O3S/c26-18-20-9-11-21(12-10-20)19-29(25(30)28-15-5-1-2-6-16-28)27-33(31,32)24-14-13-22-7-3-4-8-23(22)17-24/h3-4,7-14,17,27H,1-2,5-6,15-16,18-19,26H2. The summed E-state index contributed by atoms with van der Waals surface area (Å²) < 4.78 is 26.6. The van der Waals surface area contributed by atoms with Gasteiger partial charge in [-0.25, -0.2) is 18.2 Å². The summed E-state index contributed by atoms with van der Waals surface area (Å²) in [7, 11) is -3.97. The quantitative estimate of drug-likeness (QED) is 0.537. The van der Waals surface area contributed by atoms with Crippen LogP contribution in [0.4, 0.5) is 4.79 Å². The van der Waals surface area contributed by atoms with Gasteiger partial charge in [0.25, 0.3) is 10.0 Å². The molecule has 0 bridgehead atoms. The van der Waals surface area contributed by atoms with E-state index < -0.39 is 10.0 Å². The van der Waals surface area contributed by atoms with E-state index in [2.05, 4.69) is 4.83 Å². The highest BCUT2D eigenvalue weighted by atomic mass is 32.2. The van der Waals surface area contributed by atoms with E-state index in [1.165, 1.54) is 5.01 Å². The molecule has 2 amide bonds. The number of sulfonamides is 1. The molecular formula is C25H30N4O3S. The normalized spacial score (nSPS) is 14.8. The molecule has 3 aromatic carbocycles. The molecule has 1 aliphatic rings. The van der Waals surface area contributed by atoms with Crippen molar-refractivity contribution in [3.63, 3.8) is 0 Å². The highest BCUT2D eigenvalue weighted by molar-refractivity contribution is 7.89. The van der Waals surface area contributed by atoms with Gasteiger partial charge < -0.3 is 10.6 Å². The summed E-state index contributed by atoms with van der Waals surface area (Å²) in [6.07, 6.45) is 3.99. The molecule has 3 aromatic rings. The number of nitrogens with one attached hydrogen (secondary N) is 1. The lowest BCUT2D eigenvalue weighted by Crippen LogP contribution is -2.51. The fourth-order valence-electron chi connectivity index (χ4n) is 4.07. The van der Waals surface area contributed by atoms with Crippen LogP contribution in [0.5, 0.6) is 0 Å². The third-order valence-corrected chi connectivity index (χ3v) is 7.30. The molecule has 1 heterocycles. The number of hydrogen-bond acceptors (Lipinski definition) is 4. The number of nitrogens with two attached hydrogens (primary N) is 1. The molecule has 1 saturated heterocycles. The third-order valence-electron chi connectivity index (χ3n) is 5.97. The van der Waals surface area contributed by atoms with Crippen molar-refractivity contribution in [2.45, 2.75) is 43.7 Å². The first-order valence-corrected chi connectivity index (χ1v) is 12.8. The van der Waals surface area contributed by atoms with Crippen molar-refractivity contribution in [3.05, 3.63) is 77.9 Å². The van der Waals surface area contributed by atoms with E-state index in [4.69, 9.17) is 5.73 Å². The maximum atomic E-state index is 13.4. The number of amides is 2. The minimum absolute atomic E-state index is 0.118. The largest absolute Gasteiger partial charge is 0.335 e. The van der Waals surface area contributed by atoms with E-state index >= 15 is 0 Å². The van der Waals surface area contributed by atoms with E-state index in [-0.39, 0.29) is 17.5 Å². The summed E-state index contributed by atoms with van der Waals surface area (Å²) in [5.74, 6) is 0. The molecule has 4 rings (SSSR count). The van der Waals surface area contributed by atoms with Gasteiger partial charge in [-0.1, -0.05) is 67.4 Å². The summed E-state index contributed by atoms with van der Waals surface area (Å²) in [6.45, 7) is 1.79. The second kappa shape index (κ2) is 10.3. The van der Waals surface area contributed by atoms with Crippen LogP contribution >= 0.6 is 0 Å². The van der Waals surface area contributed by atoms with E-state index in [0.717, 1.165) is 47.6 Å². The first-order chi connectivity index (χ1) is 16.0. The molecule has 0 aromatic heterocycles. The number of urea groups is 1. The number of carbonyl (C=O) groups is 1. The fraction of sp³-hybridized carbons (Fsp3) is 0.320. The van der Waals surface area contributed by atoms with Crippen LogP contribution in [-0.2, 0) is 23.1 Å². The smallest absolute Gasteiger partial charge is 0.326 e. The van der Waals surface area contributed by atoms with Gasteiger partial charge in [-0.3, -0.25) is 0 Å². The Balaban J connectivity index is 1.62. The zero-order chi connectivity index (χ0) is 23.3. The van der Waals surface area contributed by atoms with Crippen LogP contribution in [0.3, 0.4) is 0 Å². The summed E-state index contributed by atoms with van der Waals surface area (Å²) in [5.41, 5.74) is 7.48. The van der Waals surface area contributed by atoms with Crippen LogP contribution in [-0.4, -0.2) is 37.4 Å². The van der Waals surface area contributed by atoms with Crippen molar-refractivity contribution < 1.29 is 13.2 Å². The molecule has 0 saturated carbocycles. The molecule has 0 unspecified atom stereocenters. The number of hydrogen-bond donors (Lipinski definition) is 2. The third kappa shape index (κ3) is 5.71. The molecule has 1 fully saturated rings. The minimum atomic E-state index is -3.97. The Bertz CT molecular complexity index is 1200. The predicted octanol–water partition coefficient (Wildman–Crippen LogP) is 3.99. The van der Waals surface area contributed by atoms with Gasteiger partial charge in [0, 0.05) is 19.6 Å². The van der Waals surface area contributed by atoms with Crippen LogP contribution in [0.1, 0.15) is 36.8 Å². The zero-order valence-corrected chi connectivity index (χ0v) is 19.4. The van der Waals surface area contributed by atoms with Crippen molar-refractivity contribution in [2.75, 3.05) is 13.1 Å². The predicted molar refractivity (Wildman–Crippen MR) is 130 cm³/mol. The van der Waals surface area contributed by atoms with E-state index in [9.17, 15) is 13.2 Å². The van der Waals surface area contributed by atoms with Crippen LogP contribution in [0.2, 0.25) is 0 Å². The van der Waals surface area contributed by atoms with Gasteiger partial charge in [0.15, 0.2) is 0 Å². The Morgan fingerprint density at radius 1 is 0.879 bits per heavy atom. The lowest BCUT2D eigenvalue weighted by molar-refractivity contribution is 0.142. The number of benzene rings is 3. The molecule has 33 heavy (non-hydrogen) atoms. The van der Waals surface area contributed by atoms with Crippen LogP contribution in [0.15, 0.2) is 71.6 Å². The molecule has 8 heteroatoms. The molecular weight excluding hydrogens is 436 g/mol. The average molecular weight is 467 g/mol. The van der Waals surface area contributed by atoms with Crippen molar-refractivity contribution in [1.29, 1.82) is 0 Å². The van der Waals surface area contributed by atoms with Gasteiger partial charge in [0.1, 0.15) is 0 Å². The zero-order valence-electron chi connectivity index (χ0n) is 18.6. The lowest BCUT2D eigenvalue weighted by atomic mass is 10.1. The number of nitrogens with zero attached hydrogens (tertiary/aromatic N) is 2. The first-order valence-electron chi connectivity index (χ1n) is 11.3. The monoisotopic (exact) mass is 466 g/mol. The van der Waals surface area contributed by atoms with E-state index in [1.54, 1.807) is 23.1 Å². The molecule has 0 atom stereocenters. The first kappa shape index (κ1) is 23.2. The molecule has 174 valence electrons. The topological polar surface area (TPSA) is 95.7 Å².